The van der Waals surface area contributed by atoms with Crippen LogP contribution in [0.3, 0.4) is 0 Å². The molecule has 5 heterocycles. The summed E-state index contributed by atoms with van der Waals surface area (Å²) in [4.78, 5) is 134. The van der Waals surface area contributed by atoms with Crippen LogP contribution in [0, 0.1) is 18.7 Å². The maximum Gasteiger partial charge on any atom is 0.343 e. The Morgan fingerprint density at radius 1 is 0.861 bits per heavy atom. The van der Waals surface area contributed by atoms with Gasteiger partial charge in [0.05, 0.1) is 48.1 Å². The zero-order valence-electron chi connectivity index (χ0n) is 40.0. The van der Waals surface area contributed by atoms with Gasteiger partial charge in [0.2, 0.25) is 17.7 Å². The number of carbonyl (C=O) groups excluding carboxylic acids is 9. The third kappa shape index (κ3) is 10.6. The standard InChI is InChI=1S/C53H55FN6O12/c1-3-53(71)38-23-42-49-36(27-60(42)51(69)37(38)28-72-52(53)70)48-40(16-15-35-29(2)39(54)24-41(58-49)47(35)48)57-44(65)13-7-11-33(62)25-56-50(68)31(21-30-9-5-4-6-10-30)22-34(63)26-55-43(64)17-14-32(61)12-8-20-59-45(66)18-19-46(59)67/h4-6,9-10,18-19,23-24,31,40,71H,3,7-8,11-17,20-22,25-28H2,1-2H3,(H,55,64)(H,56,68)(H,57,65)/t31-,40+,53+/m1/s1. The molecule has 18 nitrogen and oxygen atoms in total. The van der Waals surface area contributed by atoms with Crippen LogP contribution in [0.15, 0.2) is 59.4 Å². The number of benzene rings is 2. The van der Waals surface area contributed by atoms with Crippen molar-refractivity contribution in [1.29, 1.82) is 0 Å². The maximum absolute atomic E-state index is 15.4. The topological polar surface area (TPSA) is 257 Å². The number of Topliss-reactive ketones (excluding diaryl/α,β-unsaturated/α-hetero) is 3. The second-order valence-corrected chi connectivity index (χ2v) is 18.8. The number of nitrogens with zero attached hydrogens (tertiary/aromatic N) is 3. The highest BCUT2D eigenvalue weighted by Gasteiger charge is 2.46. The molecule has 1 aliphatic carbocycles. The number of aromatic nitrogens is 2. The van der Waals surface area contributed by atoms with Gasteiger partial charge in [0, 0.05) is 85.7 Å². The fourth-order valence-corrected chi connectivity index (χ4v) is 10.1. The Morgan fingerprint density at radius 3 is 2.32 bits per heavy atom. The SMILES string of the molecule is CC[C@@]1(O)C(=O)OCc2c1cc1n(c2=O)Cc2c-1nc1cc(F)c(C)c3c1c2[C@@H](NC(=O)CCCC(=O)CNC(=O)[C@@H](CC(=O)CNC(=O)CCC(=O)CCCN1C(=O)C=CC1=O)Cc1ccccc1)CC3. The van der Waals surface area contributed by atoms with Crippen molar-refractivity contribution in [2.45, 2.75) is 116 Å². The predicted octanol–water partition coefficient (Wildman–Crippen LogP) is 3.48. The Labute approximate surface area is 412 Å². The molecule has 72 heavy (non-hydrogen) atoms. The summed E-state index contributed by atoms with van der Waals surface area (Å²) in [5.41, 5.74) is 2.19. The molecule has 0 unspecified atom stereocenters. The van der Waals surface area contributed by atoms with Crippen molar-refractivity contribution in [3.05, 3.63) is 110 Å². The van der Waals surface area contributed by atoms with E-state index in [1.54, 1.807) is 50.2 Å². The lowest BCUT2D eigenvalue weighted by Crippen LogP contribution is -2.44. The molecule has 2 aromatic carbocycles. The van der Waals surface area contributed by atoms with E-state index in [0.29, 0.717) is 51.8 Å². The smallest absolute Gasteiger partial charge is 0.343 e. The molecule has 4 aromatic rings. The van der Waals surface area contributed by atoms with Crippen LogP contribution in [0.4, 0.5) is 4.39 Å². The molecule has 0 spiro atoms. The highest BCUT2D eigenvalue weighted by molar-refractivity contribution is 6.12. The first-order valence-corrected chi connectivity index (χ1v) is 24.2. The van der Waals surface area contributed by atoms with Crippen molar-refractivity contribution in [3.8, 4) is 11.4 Å². The van der Waals surface area contributed by atoms with Gasteiger partial charge in [-0.2, -0.15) is 0 Å². The lowest BCUT2D eigenvalue weighted by Gasteiger charge is -2.31. The Balaban J connectivity index is 0.846. The van der Waals surface area contributed by atoms with Crippen molar-refractivity contribution in [1.82, 2.24) is 30.4 Å². The van der Waals surface area contributed by atoms with Crippen LogP contribution in [0.2, 0.25) is 0 Å². The number of rotatable bonds is 22. The number of halogens is 1. The van der Waals surface area contributed by atoms with Gasteiger partial charge >= 0.3 is 5.97 Å². The van der Waals surface area contributed by atoms with Gasteiger partial charge < -0.3 is 30.4 Å². The van der Waals surface area contributed by atoms with Gasteiger partial charge in [-0.3, -0.25) is 48.1 Å². The van der Waals surface area contributed by atoms with Crippen LogP contribution < -0.4 is 21.5 Å². The first-order valence-electron chi connectivity index (χ1n) is 24.2. The minimum Gasteiger partial charge on any atom is -0.458 e. The molecule has 4 aliphatic rings. The fraction of sp³-hybridized carbons (Fsp3) is 0.415. The molecule has 3 aliphatic heterocycles. The summed E-state index contributed by atoms with van der Waals surface area (Å²) >= 11 is 0. The third-order valence-corrected chi connectivity index (χ3v) is 14.1. The molecule has 0 saturated carbocycles. The van der Waals surface area contributed by atoms with Gasteiger partial charge in [0.15, 0.2) is 17.2 Å². The molecule has 19 heteroatoms. The molecule has 3 atom stereocenters. The minimum atomic E-state index is -2.04. The van der Waals surface area contributed by atoms with Gasteiger partial charge in [-0.15, -0.1) is 0 Å². The van der Waals surface area contributed by atoms with Crippen LogP contribution >= 0.6 is 0 Å². The molecule has 0 fully saturated rings. The van der Waals surface area contributed by atoms with Crippen LogP contribution in [-0.4, -0.2) is 92.0 Å². The zero-order valence-corrected chi connectivity index (χ0v) is 40.0. The van der Waals surface area contributed by atoms with E-state index in [-0.39, 0.29) is 126 Å². The van der Waals surface area contributed by atoms with E-state index in [1.165, 1.54) is 10.6 Å². The van der Waals surface area contributed by atoms with Crippen LogP contribution in [0.5, 0.6) is 0 Å². The van der Waals surface area contributed by atoms with Gasteiger partial charge in [-0.25, -0.2) is 14.2 Å². The minimum absolute atomic E-state index is 0.0378. The van der Waals surface area contributed by atoms with E-state index in [4.69, 9.17) is 9.72 Å². The number of nitrogens with one attached hydrogen (secondary N) is 3. The molecule has 4 N–H and O–H groups in total. The zero-order chi connectivity index (χ0) is 51.4. The number of amides is 5. The normalized spacial score (nSPS) is 17.8. The number of aryl methyl sites for hydroxylation is 1. The van der Waals surface area contributed by atoms with E-state index in [2.05, 4.69) is 16.0 Å². The monoisotopic (exact) mass is 986 g/mol. The van der Waals surface area contributed by atoms with E-state index in [9.17, 15) is 53.1 Å². The molecular formula is C53H55FN6O12. The fourth-order valence-electron chi connectivity index (χ4n) is 10.1. The molecule has 0 radical (unpaired) electrons. The number of hydrogen-bond donors (Lipinski definition) is 4. The lowest BCUT2D eigenvalue weighted by atomic mass is 9.81. The number of imide groups is 1. The summed E-state index contributed by atoms with van der Waals surface area (Å²) in [6.45, 7) is 2.44. The van der Waals surface area contributed by atoms with Crippen molar-refractivity contribution >= 4 is 63.8 Å². The molecule has 2 aromatic heterocycles. The molecule has 0 saturated heterocycles. The predicted molar refractivity (Wildman–Crippen MR) is 256 cm³/mol. The van der Waals surface area contributed by atoms with E-state index in [0.717, 1.165) is 28.2 Å². The molecule has 8 rings (SSSR count). The number of hydrogen-bond acceptors (Lipinski definition) is 13. The quantitative estimate of drug-likeness (QED) is 0.0573. The number of esters is 1. The second kappa shape index (κ2) is 21.4. The van der Waals surface area contributed by atoms with Crippen LogP contribution in [0.25, 0.3) is 22.3 Å². The third-order valence-electron chi connectivity index (χ3n) is 14.1. The Kier molecular flexibility index (Phi) is 15.1. The summed E-state index contributed by atoms with van der Waals surface area (Å²) in [5.74, 6) is -5.51. The maximum atomic E-state index is 15.4. The Bertz CT molecular complexity index is 3020. The van der Waals surface area contributed by atoms with Gasteiger partial charge in [-0.1, -0.05) is 37.3 Å². The molecular weight excluding hydrogens is 932 g/mol. The average Bonchev–Trinajstić information content (AvgIpc) is 3.90. The molecule has 5 amide bonds. The number of cyclic esters (lactones) is 1. The van der Waals surface area contributed by atoms with Gasteiger partial charge in [0.1, 0.15) is 18.2 Å². The Hall–Kier alpha value is -7.54. The summed E-state index contributed by atoms with van der Waals surface area (Å²) < 4.78 is 22.1. The van der Waals surface area contributed by atoms with Crippen LogP contribution in [0.1, 0.15) is 116 Å². The Morgan fingerprint density at radius 2 is 1.58 bits per heavy atom. The van der Waals surface area contributed by atoms with Crippen LogP contribution in [-0.2, 0) is 79.5 Å². The number of aliphatic hydroxyl groups is 1. The first kappa shape index (κ1) is 50.8. The molecule has 376 valence electrons. The summed E-state index contributed by atoms with van der Waals surface area (Å²) in [6, 6.07) is 11.3. The summed E-state index contributed by atoms with van der Waals surface area (Å²) in [6.07, 6.45) is 3.20. The van der Waals surface area contributed by atoms with Gasteiger partial charge in [-0.05, 0) is 73.8 Å². The molecule has 0 bridgehead atoms. The number of pyridine rings is 2. The number of ketones is 3. The van der Waals surface area contributed by atoms with Crippen molar-refractivity contribution in [2.24, 2.45) is 5.92 Å². The average molecular weight is 987 g/mol. The van der Waals surface area contributed by atoms with Crippen molar-refractivity contribution in [3.63, 3.8) is 0 Å². The lowest BCUT2D eigenvalue weighted by molar-refractivity contribution is -0.172. The summed E-state index contributed by atoms with van der Waals surface area (Å²) in [7, 11) is 0. The van der Waals surface area contributed by atoms with Gasteiger partial charge in [0.25, 0.3) is 17.4 Å². The number of carbonyl (C=O) groups is 9. The number of ether oxygens (including phenoxy) is 1. The first-order chi connectivity index (χ1) is 34.5. The van der Waals surface area contributed by atoms with Crippen molar-refractivity contribution in [2.75, 3.05) is 19.6 Å². The van der Waals surface area contributed by atoms with E-state index >= 15 is 4.39 Å². The second-order valence-electron chi connectivity index (χ2n) is 18.8. The number of fused-ring (bicyclic) bond motifs is 5. The summed E-state index contributed by atoms with van der Waals surface area (Å²) in [5, 5.41) is 20.3. The van der Waals surface area contributed by atoms with Crippen molar-refractivity contribution < 1.29 is 57.4 Å². The highest BCUT2D eigenvalue weighted by atomic mass is 19.1. The largest absolute Gasteiger partial charge is 0.458 e. The highest BCUT2D eigenvalue weighted by Crippen LogP contribution is 2.46. The van der Waals surface area contributed by atoms with E-state index in [1.807, 2.05) is 0 Å². The van der Waals surface area contributed by atoms with E-state index < -0.39 is 64.3 Å².